The predicted octanol–water partition coefficient (Wildman–Crippen LogP) is -1.47. The fraction of sp³-hybridized carbons (Fsp3) is 0.429. The largest absolute Gasteiger partial charge is 0.397 e. The highest BCUT2D eigenvalue weighted by molar-refractivity contribution is 6.11. The topological polar surface area (TPSA) is 108 Å². The van der Waals surface area contributed by atoms with Gasteiger partial charge in [-0.2, -0.15) is 4.80 Å². The van der Waals surface area contributed by atoms with Crippen LogP contribution in [0.4, 0.5) is 0 Å². The molecule has 14 heavy (non-hydrogen) atoms. The summed E-state index contributed by atoms with van der Waals surface area (Å²) in [6.07, 6.45) is 1.67. The van der Waals surface area contributed by atoms with Gasteiger partial charge in [0.2, 0.25) is 5.82 Å². The van der Waals surface area contributed by atoms with E-state index in [9.17, 15) is 0 Å². The van der Waals surface area contributed by atoms with Crippen LogP contribution in [0.25, 0.3) is 0 Å². The van der Waals surface area contributed by atoms with Gasteiger partial charge in [-0.15, -0.1) is 10.2 Å². The Bertz CT molecular complexity index is 425. The molecule has 0 radical (unpaired) electrons. The molecule has 1 aliphatic rings. The number of tetrazole rings is 1. The molecule has 2 rings (SSSR count). The van der Waals surface area contributed by atoms with Crippen molar-refractivity contribution in [2.45, 2.75) is 12.6 Å². The molecule has 7 nitrogen and oxygen atoms in total. The number of nitrogens with zero attached hydrogens (tertiary/aromatic N) is 5. The average molecular weight is 193 g/mol. The third-order valence-electron chi connectivity index (χ3n) is 1.79. The first-order valence-corrected chi connectivity index (χ1v) is 4.10. The molecule has 74 valence electrons. The van der Waals surface area contributed by atoms with Crippen LogP contribution < -0.4 is 11.5 Å². The highest BCUT2D eigenvalue weighted by Gasteiger charge is 2.27. The van der Waals surface area contributed by atoms with E-state index < -0.39 is 5.66 Å². The zero-order valence-corrected chi connectivity index (χ0v) is 7.97. The Labute approximate surface area is 80.5 Å². The number of rotatable bonds is 1. The summed E-state index contributed by atoms with van der Waals surface area (Å²) in [4.78, 5) is 5.53. The zero-order valence-electron chi connectivity index (χ0n) is 7.97. The second-order valence-corrected chi connectivity index (χ2v) is 3.39. The fourth-order valence-corrected chi connectivity index (χ4v) is 1.28. The minimum atomic E-state index is -0.765. The van der Waals surface area contributed by atoms with Crippen molar-refractivity contribution in [1.29, 1.82) is 0 Å². The molecule has 7 heteroatoms. The molecule has 0 spiro atoms. The van der Waals surface area contributed by atoms with E-state index in [1.807, 2.05) is 0 Å². The minimum Gasteiger partial charge on any atom is -0.397 e. The van der Waals surface area contributed by atoms with E-state index in [2.05, 4.69) is 20.4 Å². The standard InChI is InChI=1S/C7H11N7/c1-7(9)3-4(8)5(10-7)6-11-13-14(2)12-6/h3H,8-9H2,1-2H3. The van der Waals surface area contributed by atoms with Gasteiger partial charge in [0, 0.05) is 0 Å². The van der Waals surface area contributed by atoms with Crippen molar-refractivity contribution < 1.29 is 0 Å². The first-order valence-electron chi connectivity index (χ1n) is 4.10. The number of aryl methyl sites for hydroxylation is 1. The Balaban J connectivity index is 2.43. The molecule has 2 heterocycles. The summed E-state index contributed by atoms with van der Waals surface area (Å²) in [5.74, 6) is 0.399. The Kier molecular flexibility index (Phi) is 1.65. The maximum absolute atomic E-state index is 5.78. The molecule has 0 saturated heterocycles. The molecule has 1 aromatic rings. The van der Waals surface area contributed by atoms with Crippen LogP contribution in [-0.2, 0) is 7.05 Å². The fourth-order valence-electron chi connectivity index (χ4n) is 1.28. The molecule has 0 saturated carbocycles. The van der Waals surface area contributed by atoms with Crippen molar-refractivity contribution in [2.75, 3.05) is 0 Å². The molecule has 0 fully saturated rings. The van der Waals surface area contributed by atoms with Gasteiger partial charge in [0.05, 0.1) is 12.7 Å². The van der Waals surface area contributed by atoms with Crippen LogP contribution in [0, 0.1) is 0 Å². The van der Waals surface area contributed by atoms with E-state index in [4.69, 9.17) is 11.5 Å². The lowest BCUT2D eigenvalue weighted by Crippen LogP contribution is -2.29. The molecule has 0 amide bonds. The average Bonchev–Trinajstić information content (AvgIpc) is 2.55. The molecule has 0 aromatic carbocycles. The first-order chi connectivity index (χ1) is 6.48. The highest BCUT2D eigenvalue weighted by atomic mass is 15.6. The van der Waals surface area contributed by atoms with Gasteiger partial charge in [-0.25, -0.2) is 0 Å². The summed E-state index contributed by atoms with van der Waals surface area (Å²) in [5, 5.41) is 11.5. The smallest absolute Gasteiger partial charge is 0.224 e. The van der Waals surface area contributed by atoms with E-state index in [0.29, 0.717) is 17.2 Å². The van der Waals surface area contributed by atoms with Crippen LogP contribution >= 0.6 is 0 Å². The zero-order chi connectivity index (χ0) is 10.3. The van der Waals surface area contributed by atoms with Gasteiger partial charge in [-0.3, -0.25) is 4.99 Å². The van der Waals surface area contributed by atoms with E-state index in [1.54, 1.807) is 20.0 Å². The highest BCUT2D eigenvalue weighted by Crippen LogP contribution is 2.17. The Hall–Kier alpha value is -1.76. The number of hydrogen-bond donors (Lipinski definition) is 2. The summed E-state index contributed by atoms with van der Waals surface area (Å²) < 4.78 is 0. The van der Waals surface area contributed by atoms with E-state index >= 15 is 0 Å². The van der Waals surface area contributed by atoms with Crippen molar-refractivity contribution in [2.24, 2.45) is 23.5 Å². The Morgan fingerprint density at radius 1 is 1.50 bits per heavy atom. The first kappa shape index (κ1) is 8.82. The van der Waals surface area contributed by atoms with Crippen LogP contribution in [0.3, 0.4) is 0 Å². The Morgan fingerprint density at radius 2 is 2.21 bits per heavy atom. The van der Waals surface area contributed by atoms with Gasteiger partial charge in [0.15, 0.2) is 0 Å². The molecule has 4 N–H and O–H groups in total. The summed E-state index contributed by atoms with van der Waals surface area (Å²) in [6, 6.07) is 0. The third kappa shape index (κ3) is 1.37. The van der Waals surface area contributed by atoms with Gasteiger partial charge >= 0.3 is 0 Å². The van der Waals surface area contributed by atoms with Crippen molar-refractivity contribution in [3.05, 3.63) is 17.6 Å². The van der Waals surface area contributed by atoms with Crippen LogP contribution in [0.2, 0.25) is 0 Å². The predicted molar refractivity (Wildman–Crippen MR) is 50.2 cm³/mol. The number of nitrogens with two attached hydrogens (primary N) is 2. The maximum atomic E-state index is 5.78. The van der Waals surface area contributed by atoms with Crippen LogP contribution in [0.1, 0.15) is 12.7 Å². The molecule has 0 aliphatic carbocycles. The van der Waals surface area contributed by atoms with Crippen LogP contribution in [-0.4, -0.2) is 31.6 Å². The number of aromatic nitrogens is 4. The molecule has 1 atom stereocenters. The monoisotopic (exact) mass is 193 g/mol. The van der Waals surface area contributed by atoms with E-state index in [-0.39, 0.29) is 0 Å². The number of allylic oxidation sites excluding steroid dienone is 1. The lowest BCUT2D eigenvalue weighted by Gasteiger charge is -2.08. The van der Waals surface area contributed by atoms with Crippen molar-refractivity contribution in [1.82, 2.24) is 20.2 Å². The van der Waals surface area contributed by atoms with Gasteiger partial charge in [-0.1, -0.05) is 0 Å². The van der Waals surface area contributed by atoms with Gasteiger partial charge in [0.1, 0.15) is 11.4 Å². The van der Waals surface area contributed by atoms with Gasteiger partial charge in [-0.05, 0) is 18.2 Å². The number of hydrogen-bond acceptors (Lipinski definition) is 6. The lowest BCUT2D eigenvalue weighted by atomic mass is 10.2. The van der Waals surface area contributed by atoms with E-state index in [1.165, 1.54) is 4.80 Å². The van der Waals surface area contributed by atoms with Crippen molar-refractivity contribution in [3.63, 3.8) is 0 Å². The normalized spacial score (nSPS) is 26.2. The lowest BCUT2D eigenvalue weighted by molar-refractivity contribution is 0.627. The quantitative estimate of drug-likeness (QED) is 0.566. The second kappa shape index (κ2) is 2.61. The Morgan fingerprint density at radius 3 is 2.64 bits per heavy atom. The van der Waals surface area contributed by atoms with Crippen LogP contribution in [0.15, 0.2) is 16.8 Å². The maximum Gasteiger partial charge on any atom is 0.224 e. The molecular weight excluding hydrogens is 182 g/mol. The van der Waals surface area contributed by atoms with Gasteiger partial charge < -0.3 is 11.5 Å². The van der Waals surface area contributed by atoms with Gasteiger partial charge in [0.25, 0.3) is 0 Å². The summed E-state index contributed by atoms with van der Waals surface area (Å²) in [6.45, 7) is 1.75. The summed E-state index contributed by atoms with van der Waals surface area (Å²) in [7, 11) is 1.67. The SMILES string of the molecule is Cn1nnc(C2=NC(C)(N)C=C2N)n1. The molecule has 1 aromatic heterocycles. The van der Waals surface area contributed by atoms with Crippen molar-refractivity contribution in [3.8, 4) is 0 Å². The summed E-state index contributed by atoms with van der Waals surface area (Å²) in [5.41, 5.74) is 11.7. The summed E-state index contributed by atoms with van der Waals surface area (Å²) >= 11 is 0. The molecule has 0 bridgehead atoms. The van der Waals surface area contributed by atoms with E-state index in [0.717, 1.165) is 0 Å². The minimum absolute atomic E-state index is 0.399. The van der Waals surface area contributed by atoms with Crippen molar-refractivity contribution >= 4 is 5.71 Å². The third-order valence-corrected chi connectivity index (χ3v) is 1.79. The van der Waals surface area contributed by atoms with Crippen LogP contribution in [0.5, 0.6) is 0 Å². The molecular formula is C7H11N7. The molecule has 1 unspecified atom stereocenters. The second-order valence-electron chi connectivity index (χ2n) is 3.39. The number of aliphatic imine (C=N–C) groups is 1. The molecule has 1 aliphatic heterocycles.